The summed E-state index contributed by atoms with van der Waals surface area (Å²) in [5.74, 6) is -0.305. The van der Waals surface area contributed by atoms with E-state index in [9.17, 15) is 0 Å². The number of hydrogen-bond acceptors (Lipinski definition) is 9. The second kappa shape index (κ2) is 5.58. The molecule has 10 heteroatoms. The third-order valence-corrected chi connectivity index (χ3v) is 5.71. The van der Waals surface area contributed by atoms with Crippen molar-refractivity contribution in [3.63, 3.8) is 0 Å². The monoisotopic (exact) mass is 375 g/mol. The number of ether oxygens (including phenoxy) is 3. The number of aromatic nitrogens is 4. The van der Waals surface area contributed by atoms with E-state index in [4.69, 9.17) is 25.7 Å². The highest BCUT2D eigenvalue weighted by Gasteiger charge is 2.83. The van der Waals surface area contributed by atoms with E-state index in [1.165, 1.54) is 6.33 Å². The van der Waals surface area contributed by atoms with Crippen LogP contribution in [0.5, 0.6) is 0 Å². The van der Waals surface area contributed by atoms with Gasteiger partial charge >= 0.3 is 0 Å². The molecule has 2 aromatic heterocycles. The second-order valence-electron chi connectivity index (χ2n) is 8.07. The molecule has 1 spiro atoms. The molecule has 1 aliphatic carbocycles. The summed E-state index contributed by atoms with van der Waals surface area (Å²) in [4.78, 5) is 14.9. The predicted molar refractivity (Wildman–Crippen MR) is 96.8 cm³/mol. The zero-order chi connectivity index (χ0) is 19.0. The van der Waals surface area contributed by atoms with Crippen molar-refractivity contribution in [2.75, 3.05) is 32.4 Å². The Bertz CT molecular complexity index is 887. The lowest BCUT2D eigenvalue weighted by molar-refractivity contribution is -0.176. The number of imidazole rings is 1. The van der Waals surface area contributed by atoms with Gasteiger partial charge in [-0.3, -0.25) is 0 Å². The summed E-state index contributed by atoms with van der Waals surface area (Å²) >= 11 is 0. The average Bonchev–Trinajstić information content (AvgIpc) is 2.92. The van der Waals surface area contributed by atoms with E-state index >= 15 is 0 Å². The van der Waals surface area contributed by atoms with E-state index in [1.54, 1.807) is 6.33 Å². The fraction of sp³-hybridized carbons (Fsp3) is 0.706. The van der Waals surface area contributed by atoms with Crippen molar-refractivity contribution in [2.24, 2.45) is 5.73 Å². The molecule has 2 aromatic rings. The fourth-order valence-corrected chi connectivity index (χ4v) is 4.69. The van der Waals surface area contributed by atoms with Crippen LogP contribution in [0.15, 0.2) is 12.7 Å². The lowest BCUT2D eigenvalue weighted by Crippen LogP contribution is -2.43. The van der Waals surface area contributed by atoms with Gasteiger partial charge in [-0.1, -0.05) is 0 Å². The van der Waals surface area contributed by atoms with Crippen molar-refractivity contribution in [1.29, 1.82) is 0 Å². The molecule has 5 atom stereocenters. The minimum absolute atomic E-state index is 0.0559. The molecule has 4 heterocycles. The maximum absolute atomic E-state index is 6.41. The number of fused-ring (bicyclic) bond motifs is 1. The number of rotatable bonds is 5. The summed E-state index contributed by atoms with van der Waals surface area (Å²) in [5, 5.41) is 0. The Balaban J connectivity index is 1.47. The quantitative estimate of drug-likeness (QED) is 0.712. The van der Waals surface area contributed by atoms with E-state index in [2.05, 4.69) is 19.9 Å². The van der Waals surface area contributed by atoms with Crippen LogP contribution in [0.2, 0.25) is 0 Å². The van der Waals surface area contributed by atoms with E-state index in [0.29, 0.717) is 23.5 Å². The van der Waals surface area contributed by atoms with E-state index in [0.717, 1.165) is 13.1 Å². The van der Waals surface area contributed by atoms with Crippen molar-refractivity contribution in [2.45, 2.75) is 49.6 Å². The smallest absolute Gasteiger partial charge is 0.165 e. The molecule has 5 rings (SSSR count). The number of hydrogen-bond donors (Lipinski definition) is 2. The number of likely N-dealkylation sites (N-methyl/N-ethyl adjacent to an activating group) is 1. The van der Waals surface area contributed by atoms with E-state index in [1.807, 2.05) is 25.5 Å². The molecular weight excluding hydrogens is 350 g/mol. The highest BCUT2D eigenvalue weighted by atomic mass is 16.8. The number of nitrogens with zero attached hydrogens (tertiary/aromatic N) is 5. The molecule has 2 saturated heterocycles. The Kier molecular flexibility index (Phi) is 3.57. The summed E-state index contributed by atoms with van der Waals surface area (Å²) in [7, 11) is 2.04. The van der Waals surface area contributed by atoms with E-state index in [-0.39, 0.29) is 24.4 Å². The zero-order valence-electron chi connectivity index (χ0n) is 15.7. The van der Waals surface area contributed by atoms with Crippen LogP contribution < -0.4 is 11.5 Å². The molecule has 0 aromatic carbocycles. The first kappa shape index (κ1) is 17.3. The van der Waals surface area contributed by atoms with Crippen molar-refractivity contribution >= 4 is 17.0 Å². The first-order chi connectivity index (χ1) is 12.9. The Morgan fingerprint density at radius 1 is 1.26 bits per heavy atom. The van der Waals surface area contributed by atoms with Crippen LogP contribution in [0.25, 0.3) is 11.2 Å². The van der Waals surface area contributed by atoms with Crippen LogP contribution in [0.1, 0.15) is 19.9 Å². The summed E-state index contributed by atoms with van der Waals surface area (Å²) < 4.78 is 21.0. The van der Waals surface area contributed by atoms with Crippen LogP contribution >= 0.6 is 0 Å². The summed E-state index contributed by atoms with van der Waals surface area (Å²) in [6.45, 7) is 6.04. The Morgan fingerprint density at radius 2 is 2.07 bits per heavy atom. The van der Waals surface area contributed by atoms with E-state index < -0.39 is 11.4 Å². The van der Waals surface area contributed by atoms with Gasteiger partial charge in [-0.15, -0.1) is 0 Å². The van der Waals surface area contributed by atoms with Gasteiger partial charge in [-0.2, -0.15) is 0 Å². The van der Waals surface area contributed by atoms with Crippen molar-refractivity contribution < 1.29 is 14.2 Å². The van der Waals surface area contributed by atoms with Crippen LogP contribution in [0.3, 0.4) is 0 Å². The Hall–Kier alpha value is -1.85. The molecular formula is C17H25N7O3. The molecule has 1 unspecified atom stereocenters. The molecule has 0 amide bonds. The van der Waals surface area contributed by atoms with Gasteiger partial charge in [-0.25, -0.2) is 15.0 Å². The highest BCUT2D eigenvalue weighted by Crippen LogP contribution is 2.67. The van der Waals surface area contributed by atoms with Crippen LogP contribution in [0, 0.1) is 0 Å². The van der Waals surface area contributed by atoms with Gasteiger partial charge in [0.25, 0.3) is 0 Å². The van der Waals surface area contributed by atoms with Crippen molar-refractivity contribution in [3.8, 4) is 0 Å². The van der Waals surface area contributed by atoms with Gasteiger partial charge in [0.05, 0.1) is 6.33 Å². The standard InChI is InChI=1S/C17H25N7O3/c1-16(2)26-12-9(6-23(3)5-4-18)25-13-11(17(12,13)27-16)24-8-22-10-14(19)20-7-21-15(10)24/h7-9,11-13H,4-6,18H2,1-3H3,(H2,19,20,21)/t9-,11?,12-,13+,17-/m1/s1. The number of anilines is 1. The van der Waals surface area contributed by atoms with Crippen LogP contribution in [0.4, 0.5) is 5.82 Å². The van der Waals surface area contributed by atoms with Crippen LogP contribution in [-0.2, 0) is 14.2 Å². The lowest BCUT2D eigenvalue weighted by Gasteiger charge is -2.27. The summed E-state index contributed by atoms with van der Waals surface area (Å²) in [6, 6.07) is -0.0559. The van der Waals surface area contributed by atoms with Gasteiger partial charge in [0.1, 0.15) is 36.2 Å². The van der Waals surface area contributed by atoms with Gasteiger partial charge in [0.2, 0.25) is 0 Å². The lowest BCUT2D eigenvalue weighted by atomic mass is 10.1. The first-order valence-corrected chi connectivity index (χ1v) is 9.22. The van der Waals surface area contributed by atoms with Gasteiger partial charge in [0, 0.05) is 19.6 Å². The minimum Gasteiger partial charge on any atom is -0.382 e. The molecule has 2 aliphatic heterocycles. The predicted octanol–water partition coefficient (Wildman–Crippen LogP) is -0.489. The molecule has 3 fully saturated rings. The zero-order valence-corrected chi connectivity index (χ0v) is 15.7. The third-order valence-electron chi connectivity index (χ3n) is 5.71. The molecule has 10 nitrogen and oxygen atoms in total. The molecule has 27 heavy (non-hydrogen) atoms. The van der Waals surface area contributed by atoms with Crippen molar-refractivity contribution in [3.05, 3.63) is 12.7 Å². The number of nitrogen functional groups attached to an aromatic ring is 1. The highest BCUT2D eigenvalue weighted by molar-refractivity contribution is 5.81. The summed E-state index contributed by atoms with van der Waals surface area (Å²) in [5.41, 5.74) is 12.3. The fourth-order valence-electron chi connectivity index (χ4n) is 4.69. The third kappa shape index (κ3) is 2.34. The Labute approximate surface area is 156 Å². The molecule has 146 valence electrons. The first-order valence-electron chi connectivity index (χ1n) is 9.22. The normalized spacial score (nSPS) is 36.3. The SMILES string of the molecule is CN(CCN)C[C@H]1O[C@H]2C(n3cnc4c(N)ncnc43)[C@]23OC(C)(C)O[C@H]13. The molecule has 1 saturated carbocycles. The Morgan fingerprint density at radius 3 is 2.85 bits per heavy atom. The second-order valence-corrected chi connectivity index (χ2v) is 8.07. The minimum atomic E-state index is -0.670. The summed E-state index contributed by atoms with van der Waals surface area (Å²) in [6.07, 6.45) is 2.83. The maximum Gasteiger partial charge on any atom is 0.165 e. The van der Waals surface area contributed by atoms with Gasteiger partial charge in [0.15, 0.2) is 22.9 Å². The largest absolute Gasteiger partial charge is 0.382 e. The number of nitrogens with two attached hydrogens (primary N) is 2. The van der Waals surface area contributed by atoms with Gasteiger partial charge < -0.3 is 35.1 Å². The molecule has 0 radical (unpaired) electrons. The maximum atomic E-state index is 6.41. The van der Waals surface area contributed by atoms with Gasteiger partial charge in [-0.05, 0) is 20.9 Å². The van der Waals surface area contributed by atoms with Crippen LogP contribution in [-0.4, -0.2) is 80.8 Å². The molecule has 4 N–H and O–H groups in total. The molecule has 0 bridgehead atoms. The molecule has 3 aliphatic rings. The average molecular weight is 375 g/mol. The topological polar surface area (TPSA) is 127 Å². The van der Waals surface area contributed by atoms with Crippen molar-refractivity contribution in [1.82, 2.24) is 24.4 Å².